The fourth-order valence-corrected chi connectivity index (χ4v) is 6.32. The Kier molecular flexibility index (Phi) is 7.10. The summed E-state index contributed by atoms with van der Waals surface area (Å²) < 4.78 is 38.8. The molecular weight excluding hydrogens is 530 g/mol. The van der Waals surface area contributed by atoms with Crippen LogP contribution in [0.1, 0.15) is 60.9 Å². The molecule has 1 spiro atoms. The van der Waals surface area contributed by atoms with Gasteiger partial charge in [0.1, 0.15) is 12.4 Å². The molecule has 0 atom stereocenters. The van der Waals surface area contributed by atoms with E-state index in [4.69, 9.17) is 15.2 Å². The monoisotopic (exact) mass is 561 g/mol. The number of amides is 1. The molecule has 10 heteroatoms. The van der Waals surface area contributed by atoms with Crippen LogP contribution in [0.25, 0.3) is 5.69 Å². The van der Waals surface area contributed by atoms with Gasteiger partial charge in [-0.3, -0.25) is 14.2 Å². The second-order valence-electron chi connectivity index (χ2n) is 10.3. The minimum Gasteiger partial charge on any atom is -0.479 e. The van der Waals surface area contributed by atoms with Crippen LogP contribution in [0, 0.1) is 12.0 Å². The van der Waals surface area contributed by atoms with Crippen molar-refractivity contribution < 1.29 is 27.5 Å². The highest BCUT2D eigenvalue weighted by Crippen LogP contribution is 2.46. The number of sulfone groups is 1. The molecule has 0 saturated carbocycles. The molecule has 9 nitrogen and oxygen atoms in total. The summed E-state index contributed by atoms with van der Waals surface area (Å²) in [5.41, 5.74) is 8.56. The molecule has 2 aliphatic heterocycles. The van der Waals surface area contributed by atoms with E-state index in [1.54, 1.807) is 30.9 Å². The number of aromatic nitrogens is 1. The van der Waals surface area contributed by atoms with Gasteiger partial charge in [-0.05, 0) is 73.9 Å². The molecule has 2 aliphatic rings. The molecular formula is C30H31N3O6S. The zero-order valence-electron chi connectivity index (χ0n) is 22.6. The number of carbonyl (C=O) groups is 2. The van der Waals surface area contributed by atoms with Crippen molar-refractivity contribution in [1.29, 1.82) is 0 Å². The van der Waals surface area contributed by atoms with Gasteiger partial charge in [0.05, 0.1) is 27.2 Å². The predicted octanol–water partition coefficient (Wildman–Crippen LogP) is 3.51. The molecule has 208 valence electrons. The van der Waals surface area contributed by atoms with E-state index in [1.807, 2.05) is 34.9 Å². The molecule has 1 aromatic heterocycles. The van der Waals surface area contributed by atoms with Gasteiger partial charge in [-0.1, -0.05) is 6.07 Å². The Morgan fingerprint density at radius 3 is 2.40 bits per heavy atom. The normalized spacial score (nSPS) is 15.4. The first-order valence-electron chi connectivity index (χ1n) is 13.1. The largest absolute Gasteiger partial charge is 0.479 e. The van der Waals surface area contributed by atoms with E-state index >= 15 is 0 Å². The van der Waals surface area contributed by atoms with Gasteiger partial charge in [-0.2, -0.15) is 0 Å². The molecule has 5 rings (SSSR count). The summed E-state index contributed by atoms with van der Waals surface area (Å²) in [5.74, 6) is 3.07. The summed E-state index contributed by atoms with van der Waals surface area (Å²) in [6.45, 7) is 5.64. The Labute approximate surface area is 233 Å². The van der Waals surface area contributed by atoms with Crippen molar-refractivity contribution in [1.82, 2.24) is 9.47 Å². The summed E-state index contributed by atoms with van der Waals surface area (Å²) in [5, 5.41) is -0.541. The van der Waals surface area contributed by atoms with Crippen LogP contribution in [0.15, 0.2) is 59.5 Å². The Morgan fingerprint density at radius 2 is 1.77 bits per heavy atom. The Bertz CT molecular complexity index is 1640. The molecule has 1 saturated heterocycles. The van der Waals surface area contributed by atoms with Crippen molar-refractivity contribution in [2.45, 2.75) is 56.0 Å². The highest BCUT2D eigenvalue weighted by Gasteiger charge is 2.45. The third kappa shape index (κ3) is 4.82. The molecule has 0 radical (unpaired) electrons. The summed E-state index contributed by atoms with van der Waals surface area (Å²) in [6.07, 6.45) is 1.07. The number of fused-ring (bicyclic) bond motifs is 4. The maximum atomic E-state index is 13.3. The van der Waals surface area contributed by atoms with Crippen LogP contribution in [-0.4, -0.2) is 48.1 Å². The van der Waals surface area contributed by atoms with Gasteiger partial charge in [0, 0.05) is 44.5 Å². The standard InChI is InChI=1S/C30H31N3O6S/c1-20(2)40(36,37)25-8-5-23(6-9-25)29(35)32-16-13-30(14-17-32)28-11-7-24(12-15-31)33(28)26-10-4-22(18-27(26)39-30)19-38-21(3)34/h4-11,18,20H,13-14,16-17,19,31H2,1-3H3. The van der Waals surface area contributed by atoms with E-state index in [1.165, 1.54) is 19.1 Å². The van der Waals surface area contributed by atoms with Crippen molar-refractivity contribution in [2.75, 3.05) is 13.1 Å². The molecule has 0 aliphatic carbocycles. The number of esters is 1. The first-order valence-corrected chi connectivity index (χ1v) is 14.6. The number of hydrogen-bond acceptors (Lipinski definition) is 7. The summed E-state index contributed by atoms with van der Waals surface area (Å²) in [4.78, 5) is 26.6. The number of benzene rings is 2. The molecule has 2 N–H and O–H groups in total. The van der Waals surface area contributed by atoms with E-state index in [9.17, 15) is 18.0 Å². The zero-order valence-corrected chi connectivity index (χ0v) is 23.5. The molecule has 3 heterocycles. The van der Waals surface area contributed by atoms with Crippen LogP contribution in [0.5, 0.6) is 5.75 Å². The smallest absolute Gasteiger partial charge is 0.302 e. The fraction of sp³-hybridized carbons (Fsp3) is 0.333. The van der Waals surface area contributed by atoms with Crippen molar-refractivity contribution in [3.05, 3.63) is 77.1 Å². The number of likely N-dealkylation sites (tertiary alicyclic amines) is 1. The average Bonchev–Trinajstić information content (AvgIpc) is 3.37. The predicted molar refractivity (Wildman–Crippen MR) is 149 cm³/mol. The molecule has 2 aromatic carbocycles. The fourth-order valence-electron chi connectivity index (χ4n) is 5.26. The minimum absolute atomic E-state index is 0.131. The second kappa shape index (κ2) is 10.4. The number of piperidine rings is 1. The lowest BCUT2D eigenvalue weighted by atomic mass is 9.86. The first-order chi connectivity index (χ1) is 19.1. The van der Waals surface area contributed by atoms with Crippen LogP contribution in [0.3, 0.4) is 0 Å². The highest BCUT2D eigenvalue weighted by molar-refractivity contribution is 7.92. The van der Waals surface area contributed by atoms with Gasteiger partial charge in [0.2, 0.25) is 0 Å². The van der Waals surface area contributed by atoms with E-state index < -0.39 is 20.7 Å². The Balaban J connectivity index is 1.40. The van der Waals surface area contributed by atoms with Crippen molar-refractivity contribution in [2.24, 2.45) is 5.73 Å². The average molecular weight is 562 g/mol. The van der Waals surface area contributed by atoms with Gasteiger partial charge in [-0.15, -0.1) is 0 Å². The first kappa shape index (κ1) is 27.3. The van der Waals surface area contributed by atoms with Crippen LogP contribution < -0.4 is 10.5 Å². The summed E-state index contributed by atoms with van der Waals surface area (Å²) in [7, 11) is -3.41. The van der Waals surface area contributed by atoms with Gasteiger partial charge in [0.25, 0.3) is 5.91 Å². The van der Waals surface area contributed by atoms with Crippen LogP contribution in [0.4, 0.5) is 0 Å². The molecule has 3 aromatic rings. The highest BCUT2D eigenvalue weighted by atomic mass is 32.2. The number of ether oxygens (including phenoxy) is 2. The number of nitrogens with zero attached hydrogens (tertiary/aromatic N) is 2. The van der Waals surface area contributed by atoms with E-state index in [0.29, 0.717) is 37.2 Å². The zero-order chi connectivity index (χ0) is 28.7. The van der Waals surface area contributed by atoms with E-state index in [-0.39, 0.29) is 23.4 Å². The van der Waals surface area contributed by atoms with Crippen molar-refractivity contribution in [3.63, 3.8) is 0 Å². The number of hydrogen-bond donors (Lipinski definition) is 1. The number of carbonyl (C=O) groups excluding carboxylic acids is 2. The lowest BCUT2D eigenvalue weighted by molar-refractivity contribution is -0.142. The van der Waals surface area contributed by atoms with Crippen molar-refractivity contribution >= 4 is 21.7 Å². The van der Waals surface area contributed by atoms with Crippen LogP contribution in [-0.2, 0) is 31.6 Å². The van der Waals surface area contributed by atoms with Gasteiger partial charge in [0.15, 0.2) is 15.4 Å². The quantitative estimate of drug-likeness (QED) is 0.287. The van der Waals surface area contributed by atoms with Gasteiger partial charge < -0.3 is 20.1 Å². The van der Waals surface area contributed by atoms with Gasteiger partial charge >= 0.3 is 5.97 Å². The molecule has 40 heavy (non-hydrogen) atoms. The topological polar surface area (TPSA) is 121 Å². The minimum atomic E-state index is -3.41. The maximum absolute atomic E-state index is 13.3. The molecule has 0 unspecified atom stereocenters. The van der Waals surface area contributed by atoms with Gasteiger partial charge in [-0.25, -0.2) is 8.42 Å². The van der Waals surface area contributed by atoms with Crippen LogP contribution >= 0.6 is 0 Å². The lowest BCUT2D eigenvalue weighted by Gasteiger charge is -2.45. The Hall–Kier alpha value is -4.23. The third-order valence-electron chi connectivity index (χ3n) is 7.47. The van der Waals surface area contributed by atoms with Crippen LogP contribution in [0.2, 0.25) is 0 Å². The summed E-state index contributed by atoms with van der Waals surface area (Å²) >= 11 is 0. The number of nitrogens with two attached hydrogens (primary N) is 1. The maximum Gasteiger partial charge on any atom is 0.302 e. The van der Waals surface area contributed by atoms with Crippen molar-refractivity contribution in [3.8, 4) is 23.4 Å². The SMILES string of the molecule is CC(=O)OCc1ccc2c(c1)OC1(CCN(C(=O)c3ccc(S(=O)(=O)C(C)C)cc3)CC1)c1ccc(C#CN)n1-2. The molecule has 1 fully saturated rings. The number of rotatable bonds is 5. The second-order valence-corrected chi connectivity index (χ2v) is 12.8. The molecule has 1 amide bonds. The Morgan fingerprint density at radius 1 is 1.07 bits per heavy atom. The third-order valence-corrected chi connectivity index (χ3v) is 9.64. The lowest BCUT2D eigenvalue weighted by Crippen LogP contribution is -2.50. The molecule has 0 bridgehead atoms. The van der Waals surface area contributed by atoms with E-state index in [0.717, 1.165) is 22.6 Å². The van der Waals surface area contributed by atoms with E-state index in [2.05, 4.69) is 12.0 Å². The summed E-state index contributed by atoms with van der Waals surface area (Å²) in [6, 6.07) is 18.2.